The number of allylic oxidation sites excluding steroid dienone is 1. The highest BCUT2D eigenvalue weighted by atomic mass is 19.4. The van der Waals surface area contributed by atoms with Crippen LogP contribution in [-0.4, -0.2) is 19.0 Å². The number of benzene rings is 1. The van der Waals surface area contributed by atoms with Gasteiger partial charge in [-0.1, -0.05) is 12.1 Å². The van der Waals surface area contributed by atoms with E-state index in [2.05, 4.69) is 10.1 Å². The van der Waals surface area contributed by atoms with Gasteiger partial charge in [0.05, 0.1) is 18.5 Å². The molecule has 1 heterocycles. The molecule has 0 spiro atoms. The van der Waals surface area contributed by atoms with E-state index in [1.807, 2.05) is 6.08 Å². The van der Waals surface area contributed by atoms with Gasteiger partial charge in [-0.25, -0.2) is 0 Å². The number of nitrogens with one attached hydrogen (secondary N) is 1. The molecule has 0 amide bonds. The molecule has 1 atom stereocenters. The zero-order chi connectivity index (χ0) is 13.7. The summed E-state index contributed by atoms with van der Waals surface area (Å²) >= 11 is 0. The molecule has 104 valence electrons. The number of para-hydroxylation sites is 2. The van der Waals surface area contributed by atoms with Crippen LogP contribution in [0.4, 0.5) is 18.9 Å². The largest absolute Gasteiger partial charge is 0.573 e. The maximum Gasteiger partial charge on any atom is 0.573 e. The summed E-state index contributed by atoms with van der Waals surface area (Å²) in [5.41, 5.74) is 0.304. The van der Waals surface area contributed by atoms with Gasteiger partial charge < -0.3 is 14.8 Å². The summed E-state index contributed by atoms with van der Waals surface area (Å²) in [6, 6.07) is 5.95. The maximum absolute atomic E-state index is 12.2. The van der Waals surface area contributed by atoms with E-state index >= 15 is 0 Å². The molecular weight excluding hydrogens is 259 g/mol. The van der Waals surface area contributed by atoms with Crippen LogP contribution in [0.15, 0.2) is 36.6 Å². The summed E-state index contributed by atoms with van der Waals surface area (Å²) in [6.45, 7) is 0.433. The van der Waals surface area contributed by atoms with Gasteiger partial charge in [0, 0.05) is 0 Å². The van der Waals surface area contributed by atoms with Crippen molar-refractivity contribution in [1.29, 1.82) is 0 Å². The molecule has 6 heteroatoms. The average Bonchev–Trinajstić information content (AvgIpc) is 2.37. The smallest absolute Gasteiger partial charge is 0.497 e. The Labute approximate surface area is 109 Å². The molecule has 0 saturated heterocycles. The number of ether oxygens (including phenoxy) is 2. The molecule has 1 aliphatic rings. The summed E-state index contributed by atoms with van der Waals surface area (Å²) in [4.78, 5) is 0. The molecule has 0 fully saturated rings. The van der Waals surface area contributed by atoms with E-state index in [-0.39, 0.29) is 11.9 Å². The third kappa shape index (κ3) is 4.39. The summed E-state index contributed by atoms with van der Waals surface area (Å²) in [5.74, 6) is -0.235. The van der Waals surface area contributed by atoms with Gasteiger partial charge in [0.1, 0.15) is 6.10 Å². The normalized spacial score (nSPS) is 18.8. The third-order valence-corrected chi connectivity index (χ3v) is 2.66. The summed E-state index contributed by atoms with van der Waals surface area (Å²) in [6.07, 6.45) is 0.551. The Morgan fingerprint density at radius 1 is 1.32 bits per heavy atom. The van der Waals surface area contributed by atoms with Crippen LogP contribution in [0, 0.1) is 0 Å². The molecule has 1 aromatic rings. The molecule has 0 aromatic heterocycles. The van der Waals surface area contributed by atoms with E-state index in [1.54, 1.807) is 18.4 Å². The van der Waals surface area contributed by atoms with Crippen LogP contribution < -0.4 is 10.1 Å². The number of halogens is 3. The lowest BCUT2D eigenvalue weighted by Gasteiger charge is -2.21. The molecule has 0 aliphatic carbocycles. The van der Waals surface area contributed by atoms with Crippen LogP contribution in [0.2, 0.25) is 0 Å². The number of hydrogen-bond acceptors (Lipinski definition) is 3. The Morgan fingerprint density at radius 3 is 2.79 bits per heavy atom. The molecule has 1 aliphatic heterocycles. The zero-order valence-electron chi connectivity index (χ0n) is 10.1. The first kappa shape index (κ1) is 13.6. The van der Waals surface area contributed by atoms with Crippen molar-refractivity contribution in [1.82, 2.24) is 0 Å². The van der Waals surface area contributed by atoms with E-state index in [9.17, 15) is 13.2 Å². The lowest BCUT2D eigenvalue weighted by Crippen LogP contribution is -2.24. The first-order valence-electron chi connectivity index (χ1n) is 5.94. The highest BCUT2D eigenvalue weighted by molar-refractivity contribution is 5.56. The molecule has 2 rings (SSSR count). The van der Waals surface area contributed by atoms with Crippen LogP contribution in [0.5, 0.6) is 5.75 Å². The van der Waals surface area contributed by atoms with Gasteiger partial charge in [-0.15, -0.1) is 13.2 Å². The van der Waals surface area contributed by atoms with Crippen molar-refractivity contribution < 1.29 is 22.6 Å². The van der Waals surface area contributed by atoms with Gasteiger partial charge in [0.25, 0.3) is 0 Å². The average molecular weight is 273 g/mol. The topological polar surface area (TPSA) is 30.5 Å². The lowest BCUT2D eigenvalue weighted by atomic mass is 10.1. The zero-order valence-corrected chi connectivity index (χ0v) is 10.1. The highest BCUT2D eigenvalue weighted by Gasteiger charge is 2.32. The van der Waals surface area contributed by atoms with Gasteiger partial charge in [-0.2, -0.15) is 0 Å². The molecule has 1 unspecified atom stereocenters. The second-order valence-corrected chi connectivity index (χ2v) is 4.13. The molecule has 0 bridgehead atoms. The number of alkyl halides is 3. The SMILES string of the molecule is FC(F)(F)Oc1ccccc1NCC1CCC=CO1. The highest BCUT2D eigenvalue weighted by Crippen LogP contribution is 2.30. The van der Waals surface area contributed by atoms with Crippen LogP contribution in [0.3, 0.4) is 0 Å². The maximum atomic E-state index is 12.2. The second-order valence-electron chi connectivity index (χ2n) is 4.13. The predicted molar refractivity (Wildman–Crippen MR) is 64.9 cm³/mol. The van der Waals surface area contributed by atoms with Crippen LogP contribution in [0.25, 0.3) is 0 Å². The van der Waals surface area contributed by atoms with E-state index in [0.717, 1.165) is 12.8 Å². The van der Waals surface area contributed by atoms with Crippen molar-refractivity contribution in [3.63, 3.8) is 0 Å². The van der Waals surface area contributed by atoms with E-state index < -0.39 is 6.36 Å². The Hall–Kier alpha value is -1.85. The number of rotatable bonds is 4. The predicted octanol–water partition coefficient (Wildman–Crippen LogP) is 3.69. The fraction of sp³-hybridized carbons (Fsp3) is 0.385. The van der Waals surface area contributed by atoms with Crippen molar-refractivity contribution in [3.8, 4) is 5.75 Å². The minimum atomic E-state index is -4.69. The van der Waals surface area contributed by atoms with Gasteiger partial charge in [0.2, 0.25) is 0 Å². The summed E-state index contributed by atoms with van der Waals surface area (Å²) in [5, 5.41) is 2.92. The molecule has 3 nitrogen and oxygen atoms in total. The lowest BCUT2D eigenvalue weighted by molar-refractivity contribution is -0.274. The van der Waals surface area contributed by atoms with Crippen molar-refractivity contribution in [2.75, 3.05) is 11.9 Å². The van der Waals surface area contributed by atoms with Crippen LogP contribution in [0.1, 0.15) is 12.8 Å². The van der Waals surface area contributed by atoms with Gasteiger partial charge in [-0.3, -0.25) is 0 Å². The molecule has 19 heavy (non-hydrogen) atoms. The molecule has 1 N–H and O–H groups in total. The number of anilines is 1. The standard InChI is InChI=1S/C13H14F3NO2/c14-13(15,16)19-12-7-2-1-6-11(12)17-9-10-5-3-4-8-18-10/h1-2,4,6-8,10,17H,3,5,9H2. The minimum absolute atomic E-state index is 0.0380. The van der Waals surface area contributed by atoms with Crippen molar-refractivity contribution in [2.45, 2.75) is 25.3 Å². The van der Waals surface area contributed by atoms with Gasteiger partial charge in [0.15, 0.2) is 5.75 Å². The van der Waals surface area contributed by atoms with Gasteiger partial charge >= 0.3 is 6.36 Å². The first-order chi connectivity index (χ1) is 9.04. The Balaban J connectivity index is 1.97. The van der Waals surface area contributed by atoms with Crippen LogP contribution >= 0.6 is 0 Å². The quantitative estimate of drug-likeness (QED) is 0.907. The molecular formula is C13H14F3NO2. The molecule has 1 aromatic carbocycles. The van der Waals surface area contributed by atoms with E-state index in [1.165, 1.54) is 12.1 Å². The van der Waals surface area contributed by atoms with Crippen LogP contribution in [-0.2, 0) is 4.74 Å². The minimum Gasteiger partial charge on any atom is -0.497 e. The first-order valence-corrected chi connectivity index (χ1v) is 5.94. The fourth-order valence-corrected chi connectivity index (χ4v) is 1.79. The third-order valence-electron chi connectivity index (χ3n) is 2.66. The number of hydrogen-bond donors (Lipinski definition) is 1. The van der Waals surface area contributed by atoms with Crippen molar-refractivity contribution in [3.05, 3.63) is 36.6 Å². The summed E-state index contributed by atoms with van der Waals surface area (Å²) in [7, 11) is 0. The van der Waals surface area contributed by atoms with E-state index in [4.69, 9.17) is 4.74 Å². The van der Waals surface area contributed by atoms with Gasteiger partial charge in [-0.05, 0) is 31.1 Å². The molecule has 0 radical (unpaired) electrons. The molecule has 0 saturated carbocycles. The Bertz CT molecular complexity index is 446. The van der Waals surface area contributed by atoms with E-state index in [0.29, 0.717) is 12.2 Å². The Morgan fingerprint density at radius 2 is 2.11 bits per heavy atom. The monoisotopic (exact) mass is 273 g/mol. The Kier molecular flexibility index (Phi) is 4.19. The van der Waals surface area contributed by atoms with Crippen molar-refractivity contribution in [2.24, 2.45) is 0 Å². The van der Waals surface area contributed by atoms with Crippen molar-refractivity contribution >= 4 is 5.69 Å². The second kappa shape index (κ2) is 5.86. The fourth-order valence-electron chi connectivity index (χ4n) is 1.79. The summed E-state index contributed by atoms with van der Waals surface area (Å²) < 4.78 is 46.0.